The molecule has 0 heterocycles. The Balaban J connectivity index is 2.11. The molecule has 0 N–H and O–H groups in total. The molecule has 1 aromatic carbocycles. The minimum absolute atomic E-state index is 0.375. The summed E-state index contributed by atoms with van der Waals surface area (Å²) in [5, 5.41) is 0. The third-order valence-corrected chi connectivity index (χ3v) is 5.59. The Labute approximate surface area is 112 Å². The number of aryl methyl sites for hydroxylation is 2. The number of fused-ring (bicyclic) bond motifs is 1. The van der Waals surface area contributed by atoms with Gasteiger partial charge in [-0.3, -0.25) is 4.79 Å². The number of carbonyl (C=O) groups is 1. The van der Waals surface area contributed by atoms with Crippen LogP contribution in [-0.4, -0.2) is 13.9 Å². The Hall–Kier alpha value is -0.893. The standard InChI is InChI=1S/C16H24OSi/c1-18(2,3)12-6-10-14-8-4-7-13-9-5-11-15(17)16(13)14/h4,7-8H,5-6,9-12H2,1-3H3. The lowest BCUT2D eigenvalue weighted by Gasteiger charge is -2.19. The number of rotatable bonds is 4. The molecule has 0 fully saturated rings. The lowest BCUT2D eigenvalue weighted by molar-refractivity contribution is 0.0971. The van der Waals surface area contributed by atoms with Crippen molar-refractivity contribution in [3.63, 3.8) is 0 Å². The zero-order valence-corrected chi connectivity index (χ0v) is 12.9. The maximum Gasteiger partial charge on any atom is 0.163 e. The summed E-state index contributed by atoms with van der Waals surface area (Å²) in [5.74, 6) is 0.375. The number of Topliss-reactive ketones (excluding diaryl/α,β-unsaturated/α-hetero) is 1. The topological polar surface area (TPSA) is 17.1 Å². The van der Waals surface area contributed by atoms with E-state index in [4.69, 9.17) is 0 Å². The predicted octanol–water partition coefficient (Wildman–Crippen LogP) is 4.48. The molecule has 1 nitrogen and oxygen atoms in total. The highest BCUT2D eigenvalue weighted by Crippen LogP contribution is 2.26. The summed E-state index contributed by atoms with van der Waals surface area (Å²) >= 11 is 0. The van der Waals surface area contributed by atoms with Crippen LogP contribution in [0.3, 0.4) is 0 Å². The van der Waals surface area contributed by atoms with E-state index in [-0.39, 0.29) is 0 Å². The van der Waals surface area contributed by atoms with Crippen molar-refractivity contribution >= 4 is 13.9 Å². The van der Waals surface area contributed by atoms with Crippen molar-refractivity contribution in [2.24, 2.45) is 0 Å². The minimum atomic E-state index is -0.948. The summed E-state index contributed by atoms with van der Waals surface area (Å²) in [6, 6.07) is 7.77. The average Bonchev–Trinajstić information content (AvgIpc) is 2.27. The number of hydrogen-bond donors (Lipinski definition) is 0. The van der Waals surface area contributed by atoms with E-state index in [1.54, 1.807) is 0 Å². The third-order valence-electron chi connectivity index (χ3n) is 3.74. The van der Waals surface area contributed by atoms with Crippen LogP contribution in [0.25, 0.3) is 0 Å². The Morgan fingerprint density at radius 3 is 2.67 bits per heavy atom. The van der Waals surface area contributed by atoms with Crippen molar-refractivity contribution in [2.75, 3.05) is 0 Å². The monoisotopic (exact) mass is 260 g/mol. The van der Waals surface area contributed by atoms with Crippen molar-refractivity contribution in [1.29, 1.82) is 0 Å². The molecule has 1 aliphatic carbocycles. The van der Waals surface area contributed by atoms with Gasteiger partial charge in [-0.2, -0.15) is 0 Å². The molecule has 98 valence electrons. The van der Waals surface area contributed by atoms with Gasteiger partial charge in [0.25, 0.3) is 0 Å². The number of benzene rings is 1. The van der Waals surface area contributed by atoms with E-state index in [0.29, 0.717) is 5.78 Å². The van der Waals surface area contributed by atoms with Gasteiger partial charge >= 0.3 is 0 Å². The van der Waals surface area contributed by atoms with Crippen molar-refractivity contribution in [1.82, 2.24) is 0 Å². The smallest absolute Gasteiger partial charge is 0.163 e. The molecule has 18 heavy (non-hydrogen) atoms. The largest absolute Gasteiger partial charge is 0.294 e. The van der Waals surface area contributed by atoms with Gasteiger partial charge in [-0.15, -0.1) is 0 Å². The van der Waals surface area contributed by atoms with E-state index in [9.17, 15) is 4.79 Å². The molecule has 0 aliphatic heterocycles. The first-order valence-electron chi connectivity index (χ1n) is 7.11. The second-order valence-electron chi connectivity index (χ2n) is 6.64. The summed E-state index contributed by atoms with van der Waals surface area (Å²) in [6.07, 6.45) is 5.18. The van der Waals surface area contributed by atoms with Crippen molar-refractivity contribution < 1.29 is 4.79 Å². The SMILES string of the molecule is C[Si](C)(C)CCCc1cccc2c1C(=O)CCC2. The molecule has 0 saturated carbocycles. The molecule has 0 bridgehead atoms. The molecule has 1 aromatic rings. The molecule has 0 radical (unpaired) electrons. The fourth-order valence-corrected chi connectivity index (χ4v) is 4.04. The van der Waals surface area contributed by atoms with Gasteiger partial charge in [-0.05, 0) is 30.4 Å². The van der Waals surface area contributed by atoms with Crippen LogP contribution in [0.15, 0.2) is 18.2 Å². The molecule has 2 rings (SSSR count). The number of ketones is 1. The van der Waals surface area contributed by atoms with Gasteiger partial charge in [0.05, 0.1) is 0 Å². The highest BCUT2D eigenvalue weighted by Gasteiger charge is 2.20. The lowest BCUT2D eigenvalue weighted by Crippen LogP contribution is -2.19. The second-order valence-corrected chi connectivity index (χ2v) is 12.3. The van der Waals surface area contributed by atoms with Gasteiger partial charge < -0.3 is 0 Å². The molecule has 0 spiro atoms. The second kappa shape index (κ2) is 5.39. The van der Waals surface area contributed by atoms with Crippen LogP contribution in [-0.2, 0) is 12.8 Å². The Morgan fingerprint density at radius 1 is 1.17 bits per heavy atom. The van der Waals surface area contributed by atoms with Crippen LogP contribution in [0, 0.1) is 0 Å². The highest BCUT2D eigenvalue weighted by atomic mass is 28.3. The van der Waals surface area contributed by atoms with Crippen LogP contribution >= 0.6 is 0 Å². The van der Waals surface area contributed by atoms with E-state index in [2.05, 4.69) is 37.8 Å². The Bertz CT molecular complexity index is 443. The van der Waals surface area contributed by atoms with Gasteiger partial charge in [0.15, 0.2) is 5.78 Å². The van der Waals surface area contributed by atoms with Gasteiger partial charge in [-0.25, -0.2) is 0 Å². The summed E-state index contributed by atoms with van der Waals surface area (Å²) in [6.45, 7) is 7.25. The van der Waals surface area contributed by atoms with Crippen molar-refractivity contribution in [3.05, 3.63) is 34.9 Å². The van der Waals surface area contributed by atoms with Crippen LogP contribution in [0.4, 0.5) is 0 Å². The van der Waals surface area contributed by atoms with Crippen LogP contribution in [0.1, 0.15) is 40.7 Å². The molecule has 0 saturated heterocycles. The normalized spacial score (nSPS) is 15.6. The molecule has 0 amide bonds. The molecule has 1 aliphatic rings. The zero-order chi connectivity index (χ0) is 13.2. The zero-order valence-electron chi connectivity index (χ0n) is 11.9. The molecule has 0 atom stereocenters. The van der Waals surface area contributed by atoms with Crippen LogP contribution < -0.4 is 0 Å². The van der Waals surface area contributed by atoms with Crippen LogP contribution in [0.2, 0.25) is 25.7 Å². The molecular weight excluding hydrogens is 236 g/mol. The van der Waals surface area contributed by atoms with E-state index in [0.717, 1.165) is 31.2 Å². The maximum absolute atomic E-state index is 12.1. The summed E-state index contributed by atoms with van der Waals surface area (Å²) in [7, 11) is -0.948. The van der Waals surface area contributed by atoms with Crippen molar-refractivity contribution in [3.8, 4) is 0 Å². The molecule has 0 aromatic heterocycles. The third kappa shape index (κ3) is 3.32. The lowest BCUT2D eigenvalue weighted by atomic mass is 9.86. The van der Waals surface area contributed by atoms with Gasteiger partial charge in [0.2, 0.25) is 0 Å². The van der Waals surface area contributed by atoms with E-state index in [1.807, 2.05) is 0 Å². The first kappa shape index (κ1) is 13.5. The van der Waals surface area contributed by atoms with E-state index in [1.165, 1.54) is 23.6 Å². The number of hydrogen-bond acceptors (Lipinski definition) is 1. The quantitative estimate of drug-likeness (QED) is 0.730. The van der Waals surface area contributed by atoms with E-state index < -0.39 is 8.07 Å². The van der Waals surface area contributed by atoms with Gasteiger partial charge in [0.1, 0.15) is 0 Å². The first-order chi connectivity index (χ1) is 8.47. The van der Waals surface area contributed by atoms with Crippen molar-refractivity contribution in [2.45, 2.75) is 57.8 Å². The van der Waals surface area contributed by atoms with Crippen LogP contribution in [0.5, 0.6) is 0 Å². The molecular formula is C16H24OSi. The first-order valence-corrected chi connectivity index (χ1v) is 10.8. The van der Waals surface area contributed by atoms with Gasteiger partial charge in [0, 0.05) is 20.1 Å². The summed E-state index contributed by atoms with van der Waals surface area (Å²) in [4.78, 5) is 12.1. The maximum atomic E-state index is 12.1. The Kier molecular flexibility index (Phi) is 4.06. The summed E-state index contributed by atoms with van der Waals surface area (Å²) < 4.78 is 0. The average molecular weight is 260 g/mol. The predicted molar refractivity (Wildman–Crippen MR) is 80.2 cm³/mol. The number of carbonyl (C=O) groups excluding carboxylic acids is 1. The molecule has 2 heteroatoms. The van der Waals surface area contributed by atoms with Gasteiger partial charge in [-0.1, -0.05) is 50.3 Å². The fraction of sp³-hybridized carbons (Fsp3) is 0.562. The minimum Gasteiger partial charge on any atom is -0.294 e. The van der Waals surface area contributed by atoms with E-state index >= 15 is 0 Å². The highest BCUT2D eigenvalue weighted by molar-refractivity contribution is 6.76. The fourth-order valence-electron chi connectivity index (χ4n) is 2.80. The summed E-state index contributed by atoms with van der Waals surface area (Å²) in [5.41, 5.74) is 3.66. The Morgan fingerprint density at radius 2 is 1.94 bits per heavy atom. The molecule has 0 unspecified atom stereocenters.